The number of hydrogen-bond acceptors (Lipinski definition) is 8. The van der Waals surface area contributed by atoms with Crippen LogP contribution in [0.5, 0.6) is 0 Å². The molecule has 0 bridgehead atoms. The van der Waals surface area contributed by atoms with Gasteiger partial charge in [0.15, 0.2) is 23.2 Å². The molecule has 2 fully saturated rings. The van der Waals surface area contributed by atoms with Gasteiger partial charge in [-0.3, -0.25) is 9.36 Å². The summed E-state index contributed by atoms with van der Waals surface area (Å²) in [6.07, 6.45) is 0.760. The topological polar surface area (TPSA) is 134 Å². The normalized spacial score (nSPS) is 24.2. The molecule has 4 atom stereocenters. The Balaban J connectivity index is 1.21. The third kappa shape index (κ3) is 4.09. The maximum Gasteiger partial charge on any atom is 0.223 e. The van der Waals surface area contributed by atoms with E-state index in [0.29, 0.717) is 23.5 Å². The van der Waals surface area contributed by atoms with Crippen LogP contribution in [0.15, 0.2) is 55.1 Å². The number of carbonyl (C=O) groups is 1. The van der Waals surface area contributed by atoms with Crippen molar-refractivity contribution < 1.29 is 19.7 Å². The van der Waals surface area contributed by atoms with Crippen LogP contribution in [0, 0.1) is 5.92 Å². The highest BCUT2D eigenvalue weighted by Gasteiger charge is 2.44. The summed E-state index contributed by atoms with van der Waals surface area (Å²) in [4.78, 5) is 25.1. The number of nitrogens with one attached hydrogen (secondary N) is 2. The number of rotatable bonds is 7. The summed E-state index contributed by atoms with van der Waals surface area (Å²) in [5.74, 6) is 0.577. The summed E-state index contributed by atoms with van der Waals surface area (Å²) < 4.78 is 7.53. The van der Waals surface area contributed by atoms with Gasteiger partial charge in [0.05, 0.1) is 6.33 Å². The Morgan fingerprint density at radius 2 is 1.89 bits per heavy atom. The van der Waals surface area contributed by atoms with E-state index in [9.17, 15) is 15.0 Å². The first-order valence-corrected chi connectivity index (χ1v) is 11.8. The standard InChI is InChI=1S/C25H26N6O4/c32-20-18(11-27-24(34)15-8-9-15)35-25(21(20)33)31-13-30-19-22(28-12-29-23(19)31)26-10-16-6-3-5-14-4-1-2-7-17(14)16/h1-7,12-13,15,18,20-21,25,32-33H,8-11H2,(H,27,34)(H,26,28,29)/t18-,20-,21-,25-/m1/s1. The van der Waals surface area contributed by atoms with Crippen molar-refractivity contribution in [2.75, 3.05) is 11.9 Å². The van der Waals surface area contributed by atoms with E-state index in [2.05, 4.69) is 49.9 Å². The molecule has 10 heteroatoms. The molecule has 1 saturated heterocycles. The van der Waals surface area contributed by atoms with Crippen LogP contribution in [0.2, 0.25) is 0 Å². The number of benzene rings is 2. The van der Waals surface area contributed by atoms with E-state index >= 15 is 0 Å². The van der Waals surface area contributed by atoms with Gasteiger partial charge >= 0.3 is 0 Å². The molecule has 1 aliphatic heterocycles. The van der Waals surface area contributed by atoms with E-state index in [-0.39, 0.29) is 18.4 Å². The van der Waals surface area contributed by atoms with Crippen molar-refractivity contribution in [2.24, 2.45) is 5.92 Å². The van der Waals surface area contributed by atoms with Crippen molar-refractivity contribution in [1.29, 1.82) is 0 Å². The first kappa shape index (κ1) is 21.9. The first-order chi connectivity index (χ1) is 17.1. The molecule has 6 rings (SSSR count). The fraction of sp³-hybridized carbons (Fsp3) is 0.360. The van der Waals surface area contributed by atoms with E-state index in [1.165, 1.54) is 12.7 Å². The average Bonchev–Trinajstić information content (AvgIpc) is 3.60. The number of hydrogen-bond donors (Lipinski definition) is 4. The molecule has 1 saturated carbocycles. The maximum absolute atomic E-state index is 12.0. The molecule has 2 aromatic carbocycles. The molecule has 3 heterocycles. The molecule has 1 aliphatic carbocycles. The maximum atomic E-state index is 12.0. The quantitative estimate of drug-likeness (QED) is 0.318. The largest absolute Gasteiger partial charge is 0.387 e. The summed E-state index contributed by atoms with van der Waals surface area (Å²) in [6.45, 7) is 0.674. The Kier molecular flexibility index (Phi) is 5.56. The Labute approximate surface area is 201 Å². The molecular weight excluding hydrogens is 448 g/mol. The number of anilines is 1. The molecule has 1 amide bonds. The number of nitrogens with zero attached hydrogens (tertiary/aromatic N) is 4. The summed E-state index contributed by atoms with van der Waals surface area (Å²) in [6, 6.07) is 14.4. The van der Waals surface area contributed by atoms with E-state index in [1.54, 1.807) is 4.57 Å². The zero-order valence-electron chi connectivity index (χ0n) is 18.9. The number of ether oxygens (including phenoxy) is 1. The Morgan fingerprint density at radius 3 is 2.74 bits per heavy atom. The predicted molar refractivity (Wildman–Crippen MR) is 128 cm³/mol. The minimum atomic E-state index is -1.20. The minimum absolute atomic E-state index is 0.0403. The van der Waals surface area contributed by atoms with E-state index in [4.69, 9.17) is 4.74 Å². The number of aromatic nitrogens is 4. The molecule has 4 aromatic rings. The molecule has 180 valence electrons. The van der Waals surface area contributed by atoms with E-state index in [0.717, 1.165) is 29.2 Å². The van der Waals surface area contributed by atoms with Crippen LogP contribution >= 0.6 is 0 Å². The van der Waals surface area contributed by atoms with Crippen molar-refractivity contribution in [3.63, 3.8) is 0 Å². The lowest BCUT2D eigenvalue weighted by atomic mass is 10.0. The van der Waals surface area contributed by atoms with Crippen LogP contribution in [-0.4, -0.2) is 60.5 Å². The number of aliphatic hydroxyl groups excluding tert-OH is 2. The highest BCUT2D eigenvalue weighted by atomic mass is 16.6. The zero-order chi connectivity index (χ0) is 23.9. The van der Waals surface area contributed by atoms with Gasteiger partial charge in [0.2, 0.25) is 5.91 Å². The van der Waals surface area contributed by atoms with Gasteiger partial charge in [-0.2, -0.15) is 0 Å². The highest BCUT2D eigenvalue weighted by molar-refractivity contribution is 5.87. The number of carbonyl (C=O) groups excluding carboxylic acids is 1. The molecule has 35 heavy (non-hydrogen) atoms. The smallest absolute Gasteiger partial charge is 0.223 e. The highest BCUT2D eigenvalue weighted by Crippen LogP contribution is 2.33. The van der Waals surface area contributed by atoms with Crippen molar-refractivity contribution in [3.05, 3.63) is 60.7 Å². The third-order valence-corrected chi connectivity index (χ3v) is 6.72. The number of fused-ring (bicyclic) bond motifs is 2. The Hall–Kier alpha value is -3.60. The monoisotopic (exact) mass is 474 g/mol. The molecule has 0 spiro atoms. The van der Waals surface area contributed by atoms with Gasteiger partial charge in [-0.25, -0.2) is 15.0 Å². The van der Waals surface area contributed by atoms with Gasteiger partial charge in [-0.15, -0.1) is 0 Å². The molecular formula is C25H26N6O4. The summed E-state index contributed by atoms with van der Waals surface area (Å²) in [5.41, 5.74) is 2.13. The van der Waals surface area contributed by atoms with Gasteiger partial charge < -0.3 is 25.6 Å². The first-order valence-electron chi connectivity index (χ1n) is 11.8. The number of amides is 1. The second-order valence-electron chi connectivity index (χ2n) is 9.10. The van der Waals surface area contributed by atoms with Gasteiger partial charge in [0.1, 0.15) is 24.6 Å². The summed E-state index contributed by atoms with van der Waals surface area (Å²) >= 11 is 0. The molecule has 0 unspecified atom stereocenters. The van der Waals surface area contributed by atoms with Crippen molar-refractivity contribution in [1.82, 2.24) is 24.8 Å². The molecule has 0 radical (unpaired) electrons. The number of aliphatic hydroxyl groups is 2. The van der Waals surface area contributed by atoms with Crippen molar-refractivity contribution in [2.45, 2.75) is 43.9 Å². The van der Waals surface area contributed by atoms with Crippen LogP contribution in [0.1, 0.15) is 24.6 Å². The summed E-state index contributed by atoms with van der Waals surface area (Å²) in [7, 11) is 0. The van der Waals surface area contributed by atoms with Gasteiger partial charge in [-0.05, 0) is 29.2 Å². The third-order valence-electron chi connectivity index (χ3n) is 6.72. The van der Waals surface area contributed by atoms with Crippen LogP contribution in [0.25, 0.3) is 21.9 Å². The van der Waals surface area contributed by atoms with Crippen LogP contribution in [0.3, 0.4) is 0 Å². The summed E-state index contributed by atoms with van der Waals surface area (Å²) in [5, 5.41) is 29.7. The van der Waals surface area contributed by atoms with Crippen molar-refractivity contribution >= 4 is 33.7 Å². The Morgan fingerprint density at radius 1 is 1.06 bits per heavy atom. The Bertz CT molecular complexity index is 1380. The van der Waals surface area contributed by atoms with E-state index < -0.39 is 24.5 Å². The lowest BCUT2D eigenvalue weighted by Gasteiger charge is -2.16. The van der Waals surface area contributed by atoms with Crippen LogP contribution < -0.4 is 10.6 Å². The predicted octanol–water partition coefficient (Wildman–Crippen LogP) is 1.74. The number of imidazole rings is 1. The lowest BCUT2D eigenvalue weighted by molar-refractivity contribution is -0.123. The lowest BCUT2D eigenvalue weighted by Crippen LogP contribution is -2.40. The van der Waals surface area contributed by atoms with Gasteiger partial charge in [0.25, 0.3) is 0 Å². The molecule has 2 aromatic heterocycles. The second-order valence-corrected chi connectivity index (χ2v) is 9.10. The molecule has 2 aliphatic rings. The fourth-order valence-electron chi connectivity index (χ4n) is 4.61. The van der Waals surface area contributed by atoms with Crippen molar-refractivity contribution in [3.8, 4) is 0 Å². The molecule has 4 N–H and O–H groups in total. The van der Waals surface area contributed by atoms with E-state index in [1.807, 2.05) is 18.2 Å². The second kappa shape index (κ2) is 8.88. The fourth-order valence-corrected chi connectivity index (χ4v) is 4.61. The van der Waals surface area contributed by atoms with Gasteiger partial charge in [0, 0.05) is 19.0 Å². The van der Waals surface area contributed by atoms with Crippen LogP contribution in [0.4, 0.5) is 5.82 Å². The minimum Gasteiger partial charge on any atom is -0.387 e. The van der Waals surface area contributed by atoms with Gasteiger partial charge in [-0.1, -0.05) is 42.5 Å². The zero-order valence-corrected chi connectivity index (χ0v) is 18.9. The molecule has 10 nitrogen and oxygen atoms in total. The average molecular weight is 475 g/mol. The SMILES string of the molecule is O=C(NC[C@H]1O[C@@H](n2cnc3c(NCc4cccc5ccccc45)ncnc32)[C@H](O)[C@@H]1O)C1CC1. The van der Waals surface area contributed by atoms with Crippen LogP contribution in [-0.2, 0) is 16.1 Å².